The predicted molar refractivity (Wildman–Crippen MR) is 99.5 cm³/mol. The van der Waals surface area contributed by atoms with Gasteiger partial charge in [-0.25, -0.2) is 13.5 Å². The van der Waals surface area contributed by atoms with Crippen LogP contribution < -0.4 is 5.73 Å². The summed E-state index contributed by atoms with van der Waals surface area (Å²) in [6, 6.07) is 1.18. The molecule has 152 valence electrons. The van der Waals surface area contributed by atoms with Crippen molar-refractivity contribution in [3.63, 3.8) is 0 Å². The summed E-state index contributed by atoms with van der Waals surface area (Å²) < 4.78 is 65.9. The molecule has 4 nitrogen and oxygen atoms in total. The zero-order valence-corrected chi connectivity index (χ0v) is 16.8. The van der Waals surface area contributed by atoms with Gasteiger partial charge in [0.1, 0.15) is 21.9 Å². The van der Waals surface area contributed by atoms with Crippen LogP contribution in [0, 0.1) is 0 Å². The Balaban J connectivity index is 2.26. The molecule has 0 aliphatic heterocycles. The Morgan fingerprint density at radius 3 is 2.18 bits per heavy atom. The van der Waals surface area contributed by atoms with E-state index in [1.54, 1.807) is 0 Å². The lowest BCUT2D eigenvalue weighted by atomic mass is 10.1. The Morgan fingerprint density at radius 2 is 1.82 bits per heavy atom. The van der Waals surface area contributed by atoms with Crippen LogP contribution in [0.5, 0.6) is 0 Å². The fourth-order valence-corrected chi connectivity index (χ4v) is 4.76. The van der Waals surface area contributed by atoms with Crippen molar-refractivity contribution in [1.29, 1.82) is 0 Å². The van der Waals surface area contributed by atoms with E-state index in [0.717, 1.165) is 16.4 Å². The molecule has 0 amide bonds. The molecule has 1 unspecified atom stereocenters. The first-order valence-corrected chi connectivity index (χ1v) is 9.75. The van der Waals surface area contributed by atoms with E-state index in [4.69, 9.17) is 28.9 Å². The van der Waals surface area contributed by atoms with Gasteiger partial charge in [-0.2, -0.15) is 18.3 Å². The van der Waals surface area contributed by atoms with Gasteiger partial charge in [0, 0.05) is 12.0 Å². The minimum absolute atomic E-state index is 0.280. The quantitative estimate of drug-likeness (QED) is 0.493. The molecule has 1 aromatic carbocycles. The van der Waals surface area contributed by atoms with Crippen LogP contribution in [0.2, 0.25) is 10.0 Å². The third-order valence-corrected chi connectivity index (χ3v) is 6.47. The molecule has 3 rings (SSSR count). The number of halogens is 7. The van der Waals surface area contributed by atoms with E-state index in [-0.39, 0.29) is 11.3 Å². The van der Waals surface area contributed by atoms with Crippen molar-refractivity contribution in [2.75, 3.05) is 12.0 Å². The summed E-state index contributed by atoms with van der Waals surface area (Å²) in [5.41, 5.74) is 3.80. The van der Waals surface area contributed by atoms with Crippen molar-refractivity contribution in [3.05, 3.63) is 39.0 Å². The molecule has 1 aliphatic carbocycles. The molecule has 1 aromatic heterocycles. The molecule has 0 bridgehead atoms. The Kier molecular flexibility index (Phi) is 5.06. The van der Waals surface area contributed by atoms with Crippen LogP contribution >= 0.6 is 35.0 Å². The van der Waals surface area contributed by atoms with Gasteiger partial charge < -0.3 is 23.2 Å². The summed E-state index contributed by atoms with van der Waals surface area (Å²) >= 11 is 17.2. The van der Waals surface area contributed by atoms with Crippen molar-refractivity contribution in [3.8, 4) is 5.69 Å². The standard InChI is InChI=1S/C15H10Cl2F5N3OS2/c1-28-13(4-14(13,18)19)8-9(12(26)27)24-25(11(8)23)10-6(16)2-5(3-7(10)17)15(20,21)22/h2-3H,4,23H2,1H3,(H,26,27)/p-1. The van der Waals surface area contributed by atoms with Crippen LogP contribution in [0.3, 0.4) is 0 Å². The highest BCUT2D eigenvalue weighted by Crippen LogP contribution is 2.69. The number of aromatic nitrogens is 2. The lowest BCUT2D eigenvalue weighted by molar-refractivity contribution is -0.137. The molecule has 1 heterocycles. The summed E-state index contributed by atoms with van der Waals surface area (Å²) in [4.78, 5) is 11.8. The Morgan fingerprint density at radius 1 is 1.32 bits per heavy atom. The van der Waals surface area contributed by atoms with Gasteiger partial charge >= 0.3 is 6.18 Å². The monoisotopic (exact) mass is 476 g/mol. The van der Waals surface area contributed by atoms with Crippen molar-refractivity contribution >= 4 is 58.5 Å². The second-order valence-electron chi connectivity index (χ2n) is 6.01. The van der Waals surface area contributed by atoms with Gasteiger partial charge in [0.15, 0.2) is 0 Å². The van der Waals surface area contributed by atoms with Crippen molar-refractivity contribution in [2.24, 2.45) is 0 Å². The van der Waals surface area contributed by atoms with Crippen LogP contribution in [-0.2, 0) is 23.6 Å². The average Bonchev–Trinajstić information content (AvgIpc) is 2.95. The number of alkyl halides is 5. The van der Waals surface area contributed by atoms with Crippen LogP contribution in [0.1, 0.15) is 28.0 Å². The SMILES string of the molecule is CSC1(c2c(C(=O)[S-])nn(-c3c(Cl)cc(C(F)(F)F)cc3Cl)c2N)CC1(F)F. The number of hydrogen-bond donors (Lipinski definition) is 1. The first-order valence-electron chi connectivity index (χ1n) is 7.36. The molecule has 1 saturated carbocycles. The normalized spacial score (nSPS) is 21.0. The first-order chi connectivity index (χ1) is 12.8. The lowest BCUT2D eigenvalue weighted by Crippen LogP contribution is -2.17. The number of carbonyl (C=O) groups is 1. The van der Waals surface area contributed by atoms with Gasteiger partial charge in [-0.05, 0) is 18.4 Å². The third-order valence-electron chi connectivity index (χ3n) is 4.36. The third kappa shape index (κ3) is 3.12. The molecule has 1 aliphatic rings. The van der Waals surface area contributed by atoms with E-state index >= 15 is 0 Å². The van der Waals surface area contributed by atoms with Gasteiger partial charge in [0.25, 0.3) is 5.92 Å². The van der Waals surface area contributed by atoms with E-state index in [1.807, 2.05) is 0 Å². The van der Waals surface area contributed by atoms with E-state index in [0.29, 0.717) is 12.1 Å². The number of nitrogens with two attached hydrogens (primary N) is 1. The second-order valence-corrected chi connectivity index (χ2v) is 8.30. The molecule has 2 aromatic rings. The van der Waals surface area contributed by atoms with Crippen molar-refractivity contribution in [2.45, 2.75) is 23.3 Å². The van der Waals surface area contributed by atoms with E-state index in [9.17, 15) is 26.7 Å². The van der Waals surface area contributed by atoms with E-state index in [2.05, 4.69) is 17.7 Å². The molecule has 0 saturated heterocycles. The summed E-state index contributed by atoms with van der Waals surface area (Å²) in [7, 11) is 0. The Bertz CT molecular complexity index is 972. The maximum Gasteiger partial charge on any atom is 0.416 e. The maximum absolute atomic E-state index is 14.1. The molecular weight excluding hydrogens is 468 g/mol. The molecular formula is C15H9Cl2F5N3OS2-. The molecule has 1 atom stereocenters. The van der Waals surface area contributed by atoms with Gasteiger partial charge in [0.05, 0.1) is 20.7 Å². The first kappa shape index (κ1) is 21.4. The number of carbonyl (C=O) groups excluding carboxylic acids is 1. The number of thioether (sulfide) groups is 1. The van der Waals surface area contributed by atoms with Gasteiger partial charge in [0.2, 0.25) is 0 Å². The van der Waals surface area contributed by atoms with E-state index < -0.39 is 55.5 Å². The summed E-state index contributed by atoms with van der Waals surface area (Å²) in [6.45, 7) is 0. The van der Waals surface area contributed by atoms with Crippen LogP contribution in [0.4, 0.5) is 27.8 Å². The van der Waals surface area contributed by atoms with E-state index in [1.165, 1.54) is 6.26 Å². The minimum atomic E-state index is -4.71. The second kappa shape index (κ2) is 6.61. The Labute approximate surface area is 174 Å². The van der Waals surface area contributed by atoms with Crippen molar-refractivity contribution in [1.82, 2.24) is 9.78 Å². The predicted octanol–water partition coefficient (Wildman–Crippen LogP) is 5.06. The zero-order chi connectivity index (χ0) is 21.2. The summed E-state index contributed by atoms with van der Waals surface area (Å²) in [5, 5.41) is 1.84. The van der Waals surface area contributed by atoms with Gasteiger partial charge in [-0.3, -0.25) is 0 Å². The van der Waals surface area contributed by atoms with Crippen LogP contribution in [-0.4, -0.2) is 27.1 Å². The summed E-state index contributed by atoms with van der Waals surface area (Å²) in [6.07, 6.45) is -3.90. The number of rotatable bonds is 4. The minimum Gasteiger partial charge on any atom is -0.735 e. The molecule has 1 fully saturated rings. The van der Waals surface area contributed by atoms with Gasteiger partial charge in [-0.15, -0.1) is 11.8 Å². The highest BCUT2D eigenvalue weighted by Gasteiger charge is 2.74. The van der Waals surface area contributed by atoms with Crippen LogP contribution in [0.25, 0.3) is 5.69 Å². The molecule has 2 N–H and O–H groups in total. The molecule has 13 heteroatoms. The highest BCUT2D eigenvalue weighted by molar-refractivity contribution is 8.00. The largest absolute Gasteiger partial charge is 0.735 e. The smallest absolute Gasteiger partial charge is 0.416 e. The van der Waals surface area contributed by atoms with Gasteiger partial charge in [-0.1, -0.05) is 23.2 Å². The number of nitrogens with zero attached hydrogens (tertiary/aromatic N) is 2. The fraction of sp³-hybridized carbons (Fsp3) is 0.333. The lowest BCUT2D eigenvalue weighted by Gasteiger charge is -2.16. The molecule has 28 heavy (non-hydrogen) atoms. The maximum atomic E-state index is 14.1. The molecule has 0 radical (unpaired) electrons. The highest BCUT2D eigenvalue weighted by atomic mass is 35.5. The summed E-state index contributed by atoms with van der Waals surface area (Å²) in [5.74, 6) is -3.56. The zero-order valence-electron chi connectivity index (χ0n) is 13.7. The van der Waals surface area contributed by atoms with Crippen molar-refractivity contribution < 1.29 is 26.7 Å². The number of nitrogen functional groups attached to an aromatic ring is 1. The molecule has 0 spiro atoms. The topological polar surface area (TPSA) is 60.9 Å². The number of hydrogen-bond acceptors (Lipinski definition) is 5. The number of anilines is 1. The number of benzene rings is 1. The fourth-order valence-electron chi connectivity index (χ4n) is 2.94. The van der Waals surface area contributed by atoms with Crippen LogP contribution in [0.15, 0.2) is 12.1 Å². The average molecular weight is 477 g/mol. The Hall–Kier alpha value is -1.30.